The summed E-state index contributed by atoms with van der Waals surface area (Å²) in [5.41, 5.74) is 0.474. The second-order valence-electron chi connectivity index (χ2n) is 5.81. The van der Waals surface area contributed by atoms with E-state index in [1.165, 1.54) is 12.1 Å². The molecule has 3 aromatic rings. The molecule has 5 nitrogen and oxygen atoms in total. The van der Waals surface area contributed by atoms with Gasteiger partial charge in [0, 0.05) is 5.39 Å². The van der Waals surface area contributed by atoms with E-state index in [9.17, 15) is 9.59 Å². The van der Waals surface area contributed by atoms with E-state index in [0.29, 0.717) is 29.1 Å². The summed E-state index contributed by atoms with van der Waals surface area (Å²) in [6.45, 7) is 2.44. The molecule has 0 fully saturated rings. The number of benzene rings is 2. The van der Waals surface area contributed by atoms with Crippen LogP contribution in [-0.2, 0) is 0 Å². The van der Waals surface area contributed by atoms with E-state index in [1.54, 1.807) is 42.5 Å². The maximum Gasteiger partial charge on any atom is 0.347 e. The molecule has 0 saturated carbocycles. The van der Waals surface area contributed by atoms with Gasteiger partial charge in [0.25, 0.3) is 0 Å². The Morgan fingerprint density at radius 3 is 2.75 bits per heavy atom. The first-order chi connectivity index (χ1) is 13.6. The van der Waals surface area contributed by atoms with Gasteiger partial charge in [0.2, 0.25) is 0 Å². The number of hydrogen-bond acceptors (Lipinski definition) is 5. The molecule has 0 N–H and O–H groups in total. The van der Waals surface area contributed by atoms with Crippen molar-refractivity contribution >= 4 is 22.8 Å². The van der Waals surface area contributed by atoms with Crippen LogP contribution >= 0.6 is 0 Å². The van der Waals surface area contributed by atoms with Gasteiger partial charge in [-0.15, -0.1) is 6.42 Å². The molecule has 28 heavy (non-hydrogen) atoms. The zero-order chi connectivity index (χ0) is 19.9. The van der Waals surface area contributed by atoms with Gasteiger partial charge < -0.3 is 13.9 Å². The van der Waals surface area contributed by atoms with Crippen molar-refractivity contribution in [3.63, 3.8) is 0 Å². The van der Waals surface area contributed by atoms with Crippen LogP contribution in [0.3, 0.4) is 0 Å². The predicted molar refractivity (Wildman–Crippen MR) is 108 cm³/mol. The predicted octanol–water partition coefficient (Wildman–Crippen LogP) is 4.10. The summed E-state index contributed by atoms with van der Waals surface area (Å²) in [4.78, 5) is 24.6. The molecule has 1 heterocycles. The van der Waals surface area contributed by atoms with Crippen molar-refractivity contribution < 1.29 is 18.7 Å². The van der Waals surface area contributed by atoms with Crippen LogP contribution in [0.1, 0.15) is 22.8 Å². The van der Waals surface area contributed by atoms with Gasteiger partial charge in [-0.1, -0.05) is 36.3 Å². The van der Waals surface area contributed by atoms with Crippen molar-refractivity contribution in [2.45, 2.75) is 6.92 Å². The van der Waals surface area contributed by atoms with Gasteiger partial charge in [0.1, 0.15) is 17.8 Å². The van der Waals surface area contributed by atoms with E-state index in [-0.39, 0.29) is 12.2 Å². The lowest BCUT2D eigenvalue weighted by molar-refractivity contribution is 0.104. The summed E-state index contributed by atoms with van der Waals surface area (Å²) < 4.78 is 16.2. The summed E-state index contributed by atoms with van der Waals surface area (Å²) in [6, 6.07) is 13.8. The molecule has 0 bridgehead atoms. The van der Waals surface area contributed by atoms with Crippen LogP contribution < -0.4 is 15.1 Å². The molecule has 0 unspecified atom stereocenters. The standard InChI is InChI=1S/C23H18O5/c1-3-13-27-21-12-10-16(14-22(21)26-4-2)9-11-19(24)18-15-17-7-5-6-8-20(17)28-23(18)25/h1,5-12,14-15H,4,13H2,2H3/b11-9+. The average Bonchev–Trinajstić information content (AvgIpc) is 2.71. The summed E-state index contributed by atoms with van der Waals surface area (Å²) in [5.74, 6) is 3.01. The lowest BCUT2D eigenvalue weighted by Crippen LogP contribution is -2.11. The first kappa shape index (κ1) is 19.0. The highest BCUT2D eigenvalue weighted by molar-refractivity contribution is 6.07. The molecule has 0 saturated heterocycles. The summed E-state index contributed by atoms with van der Waals surface area (Å²) in [7, 11) is 0. The topological polar surface area (TPSA) is 65.7 Å². The van der Waals surface area contributed by atoms with Gasteiger partial charge in [0.05, 0.1) is 6.61 Å². The number of carbonyl (C=O) groups is 1. The maximum atomic E-state index is 12.5. The second-order valence-corrected chi connectivity index (χ2v) is 5.81. The summed E-state index contributed by atoms with van der Waals surface area (Å²) in [6.07, 6.45) is 8.14. The Labute approximate surface area is 162 Å². The maximum absolute atomic E-state index is 12.5. The fourth-order valence-corrected chi connectivity index (χ4v) is 2.63. The number of hydrogen-bond donors (Lipinski definition) is 0. The van der Waals surface area contributed by atoms with Gasteiger partial charge in [-0.05, 0) is 42.8 Å². The molecule has 1 aromatic heterocycles. The number of fused-ring (bicyclic) bond motifs is 1. The Hall–Kier alpha value is -3.78. The highest BCUT2D eigenvalue weighted by atomic mass is 16.5. The van der Waals surface area contributed by atoms with Crippen molar-refractivity contribution in [1.29, 1.82) is 0 Å². The first-order valence-corrected chi connectivity index (χ1v) is 8.70. The minimum absolute atomic E-state index is 0.0195. The zero-order valence-electron chi connectivity index (χ0n) is 15.3. The lowest BCUT2D eigenvalue weighted by atomic mass is 10.1. The quantitative estimate of drug-likeness (QED) is 0.270. The van der Waals surface area contributed by atoms with Gasteiger partial charge in [0.15, 0.2) is 17.3 Å². The number of terminal acetylenes is 1. The third kappa shape index (κ3) is 4.30. The van der Waals surface area contributed by atoms with Crippen LogP contribution in [0.4, 0.5) is 0 Å². The number of ether oxygens (including phenoxy) is 2. The number of ketones is 1. The Balaban J connectivity index is 1.86. The zero-order valence-corrected chi connectivity index (χ0v) is 15.3. The van der Waals surface area contributed by atoms with Crippen LogP contribution in [0, 0.1) is 12.3 Å². The van der Waals surface area contributed by atoms with Crippen LogP contribution in [0.5, 0.6) is 11.5 Å². The van der Waals surface area contributed by atoms with Crippen LogP contribution in [0.25, 0.3) is 17.0 Å². The van der Waals surface area contributed by atoms with Crippen molar-refractivity contribution in [2.24, 2.45) is 0 Å². The number of rotatable bonds is 7. The fourth-order valence-electron chi connectivity index (χ4n) is 2.63. The van der Waals surface area contributed by atoms with Gasteiger partial charge in [-0.2, -0.15) is 0 Å². The second kappa shape index (κ2) is 8.74. The van der Waals surface area contributed by atoms with E-state index in [2.05, 4.69) is 5.92 Å². The lowest BCUT2D eigenvalue weighted by Gasteiger charge is -2.10. The van der Waals surface area contributed by atoms with E-state index < -0.39 is 11.4 Å². The van der Waals surface area contributed by atoms with Gasteiger partial charge >= 0.3 is 5.63 Å². The van der Waals surface area contributed by atoms with Crippen LogP contribution in [0.2, 0.25) is 0 Å². The number of allylic oxidation sites excluding steroid dienone is 1. The number of carbonyl (C=O) groups excluding carboxylic acids is 1. The first-order valence-electron chi connectivity index (χ1n) is 8.70. The molecule has 0 spiro atoms. The molecule has 0 aliphatic carbocycles. The Morgan fingerprint density at radius 2 is 1.96 bits per heavy atom. The molecule has 0 aliphatic rings. The SMILES string of the molecule is C#CCOc1ccc(/C=C/C(=O)c2cc3ccccc3oc2=O)cc1OCC. The number of para-hydroxylation sites is 1. The van der Waals surface area contributed by atoms with Crippen molar-refractivity contribution in [2.75, 3.05) is 13.2 Å². The molecule has 0 radical (unpaired) electrons. The molecule has 3 rings (SSSR count). The Kier molecular flexibility index (Phi) is 5.93. The van der Waals surface area contributed by atoms with E-state index in [4.69, 9.17) is 20.3 Å². The third-order valence-corrected chi connectivity index (χ3v) is 3.91. The van der Waals surface area contributed by atoms with Crippen LogP contribution in [-0.4, -0.2) is 19.0 Å². The molecule has 0 aliphatic heterocycles. The van der Waals surface area contributed by atoms with Gasteiger partial charge in [-0.25, -0.2) is 4.79 Å². The molecule has 2 aromatic carbocycles. The fraction of sp³-hybridized carbons (Fsp3) is 0.130. The van der Waals surface area contributed by atoms with Crippen molar-refractivity contribution in [3.05, 3.63) is 76.2 Å². The Bertz CT molecular complexity index is 1130. The van der Waals surface area contributed by atoms with E-state index in [1.807, 2.05) is 13.0 Å². The van der Waals surface area contributed by atoms with E-state index in [0.717, 1.165) is 5.56 Å². The highest BCUT2D eigenvalue weighted by Gasteiger charge is 2.11. The van der Waals surface area contributed by atoms with E-state index >= 15 is 0 Å². The van der Waals surface area contributed by atoms with Crippen molar-refractivity contribution in [1.82, 2.24) is 0 Å². The molecule has 0 atom stereocenters. The average molecular weight is 374 g/mol. The summed E-state index contributed by atoms with van der Waals surface area (Å²) in [5, 5.41) is 0.687. The monoisotopic (exact) mass is 374 g/mol. The highest BCUT2D eigenvalue weighted by Crippen LogP contribution is 2.29. The van der Waals surface area contributed by atoms with Crippen molar-refractivity contribution in [3.8, 4) is 23.8 Å². The molecular weight excluding hydrogens is 356 g/mol. The smallest absolute Gasteiger partial charge is 0.347 e. The third-order valence-electron chi connectivity index (χ3n) is 3.91. The largest absolute Gasteiger partial charge is 0.490 e. The Morgan fingerprint density at radius 1 is 1.14 bits per heavy atom. The van der Waals surface area contributed by atoms with Crippen LogP contribution in [0.15, 0.2) is 63.8 Å². The molecule has 0 amide bonds. The minimum Gasteiger partial charge on any atom is -0.490 e. The van der Waals surface area contributed by atoms with Gasteiger partial charge in [-0.3, -0.25) is 4.79 Å². The molecule has 140 valence electrons. The minimum atomic E-state index is -0.665. The normalized spacial score (nSPS) is 10.7. The molecular formula is C23H18O5. The summed E-state index contributed by atoms with van der Waals surface area (Å²) >= 11 is 0. The molecule has 5 heteroatoms.